The maximum absolute atomic E-state index is 13.8. The summed E-state index contributed by atoms with van der Waals surface area (Å²) in [6.45, 7) is 1.20. The molecule has 7 heteroatoms. The summed E-state index contributed by atoms with van der Waals surface area (Å²) in [5.74, 6) is -6.57. The van der Waals surface area contributed by atoms with E-state index in [2.05, 4.69) is 4.74 Å². The lowest BCUT2D eigenvalue weighted by molar-refractivity contribution is -0.187. The highest BCUT2D eigenvalue weighted by Gasteiger charge is 2.39. The molecular weight excluding hydrogens is 298 g/mol. The standard InChI is InChI=1S/C14H8F6O/c1-7-2-4-9(13(18)12(7)17)14(19,20)21-8-3-5-10(15)11(16)6-8/h2-6H,1H3. The summed E-state index contributed by atoms with van der Waals surface area (Å²) in [6.07, 6.45) is -4.25. The topological polar surface area (TPSA) is 9.23 Å². The first kappa shape index (κ1) is 15.2. The Balaban J connectivity index is 2.38. The lowest BCUT2D eigenvalue weighted by atomic mass is 10.1. The summed E-state index contributed by atoms with van der Waals surface area (Å²) in [5, 5.41) is 0. The molecule has 0 aliphatic rings. The van der Waals surface area contributed by atoms with Crippen molar-refractivity contribution in [3.8, 4) is 5.75 Å². The van der Waals surface area contributed by atoms with Gasteiger partial charge in [0.05, 0.1) is 0 Å². The van der Waals surface area contributed by atoms with Crippen LogP contribution in [0.4, 0.5) is 26.3 Å². The van der Waals surface area contributed by atoms with Gasteiger partial charge in [0, 0.05) is 6.07 Å². The monoisotopic (exact) mass is 306 g/mol. The number of hydrogen-bond donors (Lipinski definition) is 0. The van der Waals surface area contributed by atoms with Crippen molar-refractivity contribution >= 4 is 0 Å². The molecule has 0 saturated carbocycles. The molecule has 0 fully saturated rings. The van der Waals surface area contributed by atoms with Crippen LogP contribution in [-0.4, -0.2) is 0 Å². The summed E-state index contributed by atoms with van der Waals surface area (Å²) in [7, 11) is 0. The fraction of sp³-hybridized carbons (Fsp3) is 0.143. The van der Waals surface area contributed by atoms with Crippen molar-refractivity contribution in [2.24, 2.45) is 0 Å². The molecule has 0 unspecified atom stereocenters. The fourth-order valence-corrected chi connectivity index (χ4v) is 1.61. The second-order valence-electron chi connectivity index (χ2n) is 4.25. The van der Waals surface area contributed by atoms with Gasteiger partial charge in [-0.1, -0.05) is 6.07 Å². The number of ether oxygens (including phenoxy) is 1. The predicted molar refractivity (Wildman–Crippen MR) is 62.0 cm³/mol. The zero-order chi connectivity index (χ0) is 15.8. The summed E-state index contributed by atoms with van der Waals surface area (Å²) in [6, 6.07) is 3.32. The van der Waals surface area contributed by atoms with Gasteiger partial charge in [0.2, 0.25) is 0 Å². The Bertz CT molecular complexity index is 683. The zero-order valence-electron chi connectivity index (χ0n) is 10.6. The van der Waals surface area contributed by atoms with E-state index >= 15 is 0 Å². The molecule has 0 atom stereocenters. The normalized spacial score (nSPS) is 11.6. The van der Waals surface area contributed by atoms with Gasteiger partial charge >= 0.3 is 6.11 Å². The molecular formula is C14H8F6O. The van der Waals surface area contributed by atoms with Crippen molar-refractivity contribution in [1.29, 1.82) is 0 Å². The van der Waals surface area contributed by atoms with Gasteiger partial charge in [-0.05, 0) is 30.7 Å². The van der Waals surface area contributed by atoms with Gasteiger partial charge in [0.25, 0.3) is 0 Å². The second kappa shape index (κ2) is 5.31. The average Bonchev–Trinajstić information content (AvgIpc) is 2.39. The van der Waals surface area contributed by atoms with Gasteiger partial charge in [-0.25, -0.2) is 17.6 Å². The molecule has 0 spiro atoms. The van der Waals surface area contributed by atoms with Crippen molar-refractivity contribution in [3.05, 3.63) is 64.7 Å². The summed E-state index contributed by atoms with van der Waals surface area (Å²) in [4.78, 5) is 0. The maximum Gasteiger partial charge on any atom is 0.429 e. The third-order valence-electron chi connectivity index (χ3n) is 2.73. The number of halogens is 6. The summed E-state index contributed by atoms with van der Waals surface area (Å²) in [5.41, 5.74) is -1.49. The molecule has 112 valence electrons. The van der Waals surface area contributed by atoms with Crippen molar-refractivity contribution in [3.63, 3.8) is 0 Å². The first-order valence-corrected chi connectivity index (χ1v) is 5.69. The quantitative estimate of drug-likeness (QED) is 0.748. The number of rotatable bonds is 3. The van der Waals surface area contributed by atoms with Crippen LogP contribution in [0.2, 0.25) is 0 Å². The van der Waals surface area contributed by atoms with Crippen molar-refractivity contribution in [2.45, 2.75) is 13.0 Å². The Morgan fingerprint density at radius 1 is 0.857 bits per heavy atom. The summed E-state index contributed by atoms with van der Waals surface area (Å²) < 4.78 is 84.2. The molecule has 2 rings (SSSR count). The Kier molecular flexibility index (Phi) is 3.85. The molecule has 21 heavy (non-hydrogen) atoms. The average molecular weight is 306 g/mol. The minimum absolute atomic E-state index is 0.153. The molecule has 0 amide bonds. The van der Waals surface area contributed by atoms with Crippen molar-refractivity contribution in [1.82, 2.24) is 0 Å². The van der Waals surface area contributed by atoms with Crippen LogP contribution in [0.25, 0.3) is 0 Å². The highest BCUT2D eigenvalue weighted by atomic mass is 19.3. The van der Waals surface area contributed by atoms with E-state index in [1.807, 2.05) is 0 Å². The Morgan fingerprint density at radius 3 is 2.14 bits per heavy atom. The van der Waals surface area contributed by atoms with Crippen LogP contribution in [0.1, 0.15) is 11.1 Å². The lowest BCUT2D eigenvalue weighted by Crippen LogP contribution is -2.24. The van der Waals surface area contributed by atoms with Crippen LogP contribution >= 0.6 is 0 Å². The van der Waals surface area contributed by atoms with Crippen LogP contribution in [0, 0.1) is 30.2 Å². The Morgan fingerprint density at radius 2 is 1.52 bits per heavy atom. The molecule has 1 nitrogen and oxygen atoms in total. The lowest BCUT2D eigenvalue weighted by Gasteiger charge is -2.19. The van der Waals surface area contributed by atoms with E-state index in [0.29, 0.717) is 18.2 Å². The van der Waals surface area contributed by atoms with E-state index in [1.54, 1.807) is 0 Å². The van der Waals surface area contributed by atoms with Crippen LogP contribution in [0.3, 0.4) is 0 Å². The maximum atomic E-state index is 13.8. The minimum Gasteiger partial charge on any atom is -0.429 e. The number of aryl methyl sites for hydroxylation is 1. The van der Waals surface area contributed by atoms with Crippen molar-refractivity contribution in [2.75, 3.05) is 0 Å². The third-order valence-corrected chi connectivity index (χ3v) is 2.73. The van der Waals surface area contributed by atoms with Gasteiger partial charge in [-0.15, -0.1) is 0 Å². The molecule has 0 aliphatic heterocycles. The van der Waals surface area contributed by atoms with E-state index in [4.69, 9.17) is 0 Å². The van der Waals surface area contributed by atoms with Gasteiger partial charge in [-0.2, -0.15) is 8.78 Å². The summed E-state index contributed by atoms with van der Waals surface area (Å²) >= 11 is 0. The number of hydrogen-bond acceptors (Lipinski definition) is 1. The Labute approximate surface area is 115 Å². The van der Waals surface area contributed by atoms with E-state index in [9.17, 15) is 26.3 Å². The van der Waals surface area contributed by atoms with Crippen molar-refractivity contribution < 1.29 is 31.1 Å². The third kappa shape index (κ3) is 2.96. The molecule has 0 bridgehead atoms. The highest BCUT2D eigenvalue weighted by Crippen LogP contribution is 2.34. The van der Waals surface area contributed by atoms with E-state index in [0.717, 1.165) is 12.1 Å². The zero-order valence-corrected chi connectivity index (χ0v) is 10.6. The van der Waals surface area contributed by atoms with E-state index < -0.39 is 40.7 Å². The van der Waals surface area contributed by atoms with Gasteiger partial charge < -0.3 is 4.74 Å². The first-order valence-electron chi connectivity index (χ1n) is 5.69. The van der Waals surface area contributed by atoms with Crippen LogP contribution in [0.5, 0.6) is 5.75 Å². The van der Waals surface area contributed by atoms with E-state index in [-0.39, 0.29) is 5.56 Å². The molecule has 0 heterocycles. The first-order chi connectivity index (χ1) is 9.72. The molecule has 0 radical (unpaired) electrons. The molecule has 0 saturated heterocycles. The fourth-order valence-electron chi connectivity index (χ4n) is 1.61. The predicted octanol–water partition coefficient (Wildman–Crippen LogP) is 4.68. The highest BCUT2D eigenvalue weighted by molar-refractivity contribution is 5.30. The van der Waals surface area contributed by atoms with Gasteiger partial charge in [0.15, 0.2) is 23.3 Å². The van der Waals surface area contributed by atoms with Crippen LogP contribution in [0.15, 0.2) is 30.3 Å². The second-order valence-corrected chi connectivity index (χ2v) is 4.25. The largest absolute Gasteiger partial charge is 0.429 e. The molecule has 2 aromatic rings. The minimum atomic E-state index is -4.25. The molecule has 0 aliphatic carbocycles. The van der Waals surface area contributed by atoms with Gasteiger partial charge in [-0.3, -0.25) is 0 Å². The smallest absolute Gasteiger partial charge is 0.429 e. The van der Waals surface area contributed by atoms with Crippen LogP contribution < -0.4 is 4.74 Å². The molecule has 0 aromatic heterocycles. The molecule has 0 N–H and O–H groups in total. The van der Waals surface area contributed by atoms with E-state index in [1.165, 1.54) is 6.92 Å². The van der Waals surface area contributed by atoms with Crippen LogP contribution in [-0.2, 0) is 6.11 Å². The van der Waals surface area contributed by atoms with Gasteiger partial charge in [0.1, 0.15) is 11.3 Å². The Hall–Kier alpha value is -2.18. The number of alkyl halides is 2. The number of benzene rings is 2. The molecule has 2 aromatic carbocycles. The SMILES string of the molecule is Cc1ccc(C(F)(F)Oc2ccc(F)c(F)c2)c(F)c1F.